The summed E-state index contributed by atoms with van der Waals surface area (Å²) in [5, 5.41) is 6.07. The molecule has 0 atom stereocenters. The molecule has 6 aromatic rings. The minimum absolute atomic E-state index is 1.06. The van der Waals surface area contributed by atoms with E-state index in [-0.39, 0.29) is 0 Å². The number of hydrogen-bond donors (Lipinski definition) is 1. The zero-order valence-corrected chi connectivity index (χ0v) is 22.3. The topological polar surface area (TPSA) is 15.3 Å². The number of hydrogen-bond acceptors (Lipinski definition) is 2. The predicted molar refractivity (Wildman–Crippen MR) is 171 cm³/mol. The van der Waals surface area contributed by atoms with Gasteiger partial charge in [-0.25, -0.2) is 0 Å². The first-order chi connectivity index (χ1) is 19.8. The van der Waals surface area contributed by atoms with E-state index in [1.807, 2.05) is 0 Å². The van der Waals surface area contributed by atoms with Gasteiger partial charge < -0.3 is 10.2 Å². The minimum atomic E-state index is 1.06. The van der Waals surface area contributed by atoms with Crippen LogP contribution in [0.25, 0.3) is 28.0 Å². The highest BCUT2D eigenvalue weighted by molar-refractivity contribution is 5.87. The van der Waals surface area contributed by atoms with Crippen molar-refractivity contribution in [3.8, 4) is 11.1 Å². The second-order valence-electron chi connectivity index (χ2n) is 10.3. The highest BCUT2D eigenvalue weighted by atomic mass is 15.1. The molecule has 0 heterocycles. The second-order valence-corrected chi connectivity index (χ2v) is 10.3. The lowest BCUT2D eigenvalue weighted by atomic mass is 9.96. The summed E-state index contributed by atoms with van der Waals surface area (Å²) in [6.45, 7) is 0. The van der Waals surface area contributed by atoms with Crippen LogP contribution in [0.3, 0.4) is 0 Å². The molecule has 0 saturated heterocycles. The third kappa shape index (κ3) is 4.88. The summed E-state index contributed by atoms with van der Waals surface area (Å²) in [6.07, 6.45) is 6.68. The van der Waals surface area contributed by atoms with Crippen LogP contribution in [0.5, 0.6) is 0 Å². The maximum absolute atomic E-state index is 3.59. The van der Waals surface area contributed by atoms with Crippen LogP contribution in [0.15, 0.2) is 146 Å². The third-order valence-corrected chi connectivity index (χ3v) is 7.64. The Morgan fingerprint density at radius 1 is 0.500 bits per heavy atom. The number of anilines is 5. The fourth-order valence-corrected chi connectivity index (χ4v) is 5.59. The van der Waals surface area contributed by atoms with E-state index in [0.717, 1.165) is 35.6 Å². The Morgan fingerprint density at radius 3 is 2.10 bits per heavy atom. The predicted octanol–water partition coefficient (Wildman–Crippen LogP) is 10.7. The average molecular weight is 515 g/mol. The SMILES string of the molecule is C1=Cc2ccc(N(c3ccc(Nc4ccc5ccccc5c4)cc3)c3cccc(-c4ccccc4)c3)cc2CC1. The van der Waals surface area contributed by atoms with Gasteiger partial charge in [0.2, 0.25) is 0 Å². The van der Waals surface area contributed by atoms with Gasteiger partial charge in [-0.3, -0.25) is 0 Å². The van der Waals surface area contributed by atoms with Crippen LogP contribution >= 0.6 is 0 Å². The van der Waals surface area contributed by atoms with E-state index in [2.05, 4.69) is 162 Å². The summed E-state index contributed by atoms with van der Waals surface area (Å²) in [7, 11) is 0. The van der Waals surface area contributed by atoms with E-state index in [0.29, 0.717) is 0 Å². The molecule has 0 saturated carbocycles. The Balaban J connectivity index is 1.26. The average Bonchev–Trinajstić information content (AvgIpc) is 3.02. The van der Waals surface area contributed by atoms with E-state index in [1.54, 1.807) is 0 Å². The number of nitrogens with zero attached hydrogens (tertiary/aromatic N) is 1. The van der Waals surface area contributed by atoms with E-state index in [9.17, 15) is 0 Å². The van der Waals surface area contributed by atoms with Gasteiger partial charge in [0.1, 0.15) is 0 Å². The number of aryl methyl sites for hydroxylation is 1. The van der Waals surface area contributed by atoms with E-state index >= 15 is 0 Å². The molecule has 0 aromatic heterocycles. The molecule has 0 unspecified atom stereocenters. The Hall–Kier alpha value is -5.08. The lowest BCUT2D eigenvalue weighted by Gasteiger charge is -2.27. The lowest BCUT2D eigenvalue weighted by molar-refractivity contribution is 0.984. The van der Waals surface area contributed by atoms with Crippen LogP contribution in [0.1, 0.15) is 17.5 Å². The standard InChI is InChI=1S/C38H30N2/c1-2-9-28(10-3-1)33-15-8-16-37(26-33)40(38-22-18-30-12-5-7-14-32(30)27-38)36-23-20-34(21-24-36)39-35-19-17-29-11-4-6-13-31(29)25-35/h1-6,8-13,15-27,39H,7,14H2. The first-order valence-corrected chi connectivity index (χ1v) is 13.9. The van der Waals surface area contributed by atoms with Gasteiger partial charge in [0.25, 0.3) is 0 Å². The fourth-order valence-electron chi connectivity index (χ4n) is 5.59. The smallest absolute Gasteiger partial charge is 0.0467 e. The molecular formula is C38H30N2. The molecule has 0 radical (unpaired) electrons. The highest BCUT2D eigenvalue weighted by Gasteiger charge is 2.16. The van der Waals surface area contributed by atoms with Crippen LogP contribution in [0.2, 0.25) is 0 Å². The molecule has 6 aromatic carbocycles. The quantitative estimate of drug-likeness (QED) is 0.238. The molecule has 0 bridgehead atoms. The van der Waals surface area contributed by atoms with Crippen molar-refractivity contribution in [1.29, 1.82) is 0 Å². The molecule has 7 rings (SSSR count). The molecular weight excluding hydrogens is 484 g/mol. The second kappa shape index (κ2) is 10.6. The van der Waals surface area contributed by atoms with Gasteiger partial charge in [-0.05, 0) is 107 Å². The van der Waals surface area contributed by atoms with E-state index in [4.69, 9.17) is 0 Å². The van der Waals surface area contributed by atoms with Crippen molar-refractivity contribution < 1.29 is 0 Å². The fraction of sp³-hybridized carbons (Fsp3) is 0.0526. The van der Waals surface area contributed by atoms with Gasteiger partial charge in [-0.15, -0.1) is 0 Å². The van der Waals surface area contributed by atoms with Gasteiger partial charge in [0, 0.05) is 28.4 Å². The molecule has 1 N–H and O–H groups in total. The molecule has 0 spiro atoms. The third-order valence-electron chi connectivity index (χ3n) is 7.64. The summed E-state index contributed by atoms with van der Waals surface area (Å²) in [5.41, 5.74) is 10.7. The summed E-state index contributed by atoms with van der Waals surface area (Å²) in [4.78, 5) is 2.37. The molecule has 0 amide bonds. The molecule has 1 aliphatic rings. The first kappa shape index (κ1) is 24.0. The summed E-state index contributed by atoms with van der Waals surface area (Å²) >= 11 is 0. The van der Waals surface area contributed by atoms with Gasteiger partial charge in [-0.2, -0.15) is 0 Å². The zero-order valence-electron chi connectivity index (χ0n) is 22.3. The van der Waals surface area contributed by atoms with Crippen molar-refractivity contribution in [2.24, 2.45) is 0 Å². The number of benzene rings is 6. The van der Waals surface area contributed by atoms with Crippen LogP contribution in [0, 0.1) is 0 Å². The van der Waals surface area contributed by atoms with Crippen LogP contribution in [-0.2, 0) is 6.42 Å². The normalized spacial score (nSPS) is 12.2. The van der Waals surface area contributed by atoms with Gasteiger partial charge in [0.05, 0.1) is 0 Å². The molecule has 40 heavy (non-hydrogen) atoms. The van der Waals surface area contributed by atoms with Crippen molar-refractivity contribution in [2.45, 2.75) is 12.8 Å². The Bertz CT molecular complexity index is 1820. The van der Waals surface area contributed by atoms with Crippen molar-refractivity contribution in [2.75, 3.05) is 10.2 Å². The van der Waals surface area contributed by atoms with Crippen molar-refractivity contribution in [3.63, 3.8) is 0 Å². The molecule has 2 heteroatoms. The maximum Gasteiger partial charge on any atom is 0.0467 e. The van der Waals surface area contributed by atoms with E-state index in [1.165, 1.54) is 38.7 Å². The largest absolute Gasteiger partial charge is 0.356 e. The van der Waals surface area contributed by atoms with Gasteiger partial charge >= 0.3 is 0 Å². The molecule has 0 aliphatic heterocycles. The monoisotopic (exact) mass is 514 g/mol. The number of rotatable bonds is 6. The van der Waals surface area contributed by atoms with Crippen LogP contribution < -0.4 is 10.2 Å². The van der Waals surface area contributed by atoms with Crippen molar-refractivity contribution >= 4 is 45.3 Å². The van der Waals surface area contributed by atoms with Gasteiger partial charge in [0.15, 0.2) is 0 Å². The lowest BCUT2D eigenvalue weighted by Crippen LogP contribution is -2.11. The molecule has 0 fully saturated rings. The summed E-state index contributed by atoms with van der Waals surface area (Å²) < 4.78 is 0. The Kier molecular flexibility index (Phi) is 6.35. The molecule has 192 valence electrons. The molecule has 1 aliphatic carbocycles. The number of fused-ring (bicyclic) bond motifs is 2. The van der Waals surface area contributed by atoms with Crippen LogP contribution in [-0.4, -0.2) is 0 Å². The van der Waals surface area contributed by atoms with Crippen molar-refractivity contribution in [1.82, 2.24) is 0 Å². The first-order valence-electron chi connectivity index (χ1n) is 13.9. The highest BCUT2D eigenvalue weighted by Crippen LogP contribution is 2.38. The number of allylic oxidation sites excluding steroid dienone is 1. The minimum Gasteiger partial charge on any atom is -0.356 e. The van der Waals surface area contributed by atoms with Gasteiger partial charge in [-0.1, -0.05) is 91.0 Å². The van der Waals surface area contributed by atoms with E-state index < -0.39 is 0 Å². The Labute approximate surface area is 235 Å². The van der Waals surface area contributed by atoms with Crippen LogP contribution in [0.4, 0.5) is 28.4 Å². The number of nitrogens with one attached hydrogen (secondary N) is 1. The maximum atomic E-state index is 3.59. The summed E-state index contributed by atoms with van der Waals surface area (Å²) in [5.74, 6) is 0. The zero-order chi connectivity index (χ0) is 26.7. The van der Waals surface area contributed by atoms with Crippen molar-refractivity contribution in [3.05, 3.63) is 157 Å². The Morgan fingerprint density at radius 2 is 1.23 bits per heavy atom. The molecule has 2 nitrogen and oxygen atoms in total. The summed E-state index contributed by atoms with van der Waals surface area (Å²) in [6, 6.07) is 50.0.